The van der Waals surface area contributed by atoms with Gasteiger partial charge in [0.15, 0.2) is 6.54 Å². The molecule has 0 atom stereocenters. The minimum absolute atomic E-state index is 0.513. The highest BCUT2D eigenvalue weighted by atomic mass is 19.4. The standard InChI is InChI=1S/C5H11BF3NO2/c1-10(2,3-5(11)12)4-6(7,8)9/h3-4H2,1-2H3,(H,11,12). The molecule has 0 aromatic carbocycles. The summed E-state index contributed by atoms with van der Waals surface area (Å²) in [5.74, 6) is -1.22. The highest BCUT2D eigenvalue weighted by Gasteiger charge is 2.34. The van der Waals surface area contributed by atoms with Crippen molar-refractivity contribution in [3.8, 4) is 0 Å². The van der Waals surface area contributed by atoms with Crippen molar-refractivity contribution in [2.75, 3.05) is 27.1 Å². The number of rotatable bonds is 4. The zero-order valence-corrected chi connectivity index (χ0v) is 6.93. The van der Waals surface area contributed by atoms with Crippen molar-refractivity contribution in [3.63, 3.8) is 0 Å². The van der Waals surface area contributed by atoms with E-state index in [1.165, 1.54) is 14.1 Å². The lowest BCUT2D eigenvalue weighted by atomic mass is 9.90. The van der Waals surface area contributed by atoms with Crippen molar-refractivity contribution in [2.24, 2.45) is 0 Å². The molecular weight excluding hydrogens is 174 g/mol. The van der Waals surface area contributed by atoms with Crippen LogP contribution in [0.2, 0.25) is 0 Å². The summed E-state index contributed by atoms with van der Waals surface area (Å²) >= 11 is 0. The van der Waals surface area contributed by atoms with Crippen LogP contribution in [0.25, 0.3) is 0 Å². The fraction of sp³-hybridized carbons (Fsp3) is 0.800. The third-order valence-electron chi connectivity index (χ3n) is 1.26. The Hall–Kier alpha value is -0.715. The van der Waals surface area contributed by atoms with Crippen molar-refractivity contribution in [1.29, 1.82) is 0 Å². The molecule has 0 heterocycles. The van der Waals surface area contributed by atoms with Gasteiger partial charge in [-0.05, 0) is 0 Å². The molecule has 0 spiro atoms. The van der Waals surface area contributed by atoms with Gasteiger partial charge in [-0.2, -0.15) is 0 Å². The summed E-state index contributed by atoms with van der Waals surface area (Å²) in [6.45, 7) is -5.43. The van der Waals surface area contributed by atoms with Crippen LogP contribution < -0.4 is 0 Å². The summed E-state index contributed by atoms with van der Waals surface area (Å²) in [5.41, 5.74) is 0. The Labute approximate surface area is 68.4 Å². The first-order valence-corrected chi connectivity index (χ1v) is 3.37. The number of carbonyl (C=O) groups is 1. The number of hydrogen-bond donors (Lipinski definition) is 1. The monoisotopic (exact) mass is 185 g/mol. The third-order valence-corrected chi connectivity index (χ3v) is 1.26. The van der Waals surface area contributed by atoms with Crippen LogP contribution in [0.1, 0.15) is 0 Å². The molecule has 0 saturated carbocycles. The molecule has 0 radical (unpaired) electrons. The molecule has 0 saturated heterocycles. The van der Waals surface area contributed by atoms with E-state index in [4.69, 9.17) is 5.11 Å². The summed E-state index contributed by atoms with van der Waals surface area (Å²) in [6, 6.07) is 0. The van der Waals surface area contributed by atoms with Crippen LogP contribution in [-0.2, 0) is 4.79 Å². The largest absolute Gasteiger partial charge is 0.531 e. The van der Waals surface area contributed by atoms with E-state index in [1.807, 2.05) is 0 Å². The van der Waals surface area contributed by atoms with Gasteiger partial charge in [-0.1, -0.05) is 0 Å². The molecule has 0 rings (SSSR count). The van der Waals surface area contributed by atoms with E-state index in [0.29, 0.717) is 0 Å². The number of likely N-dealkylation sites (N-methyl/N-ethyl adjacent to an activating group) is 1. The zero-order valence-electron chi connectivity index (χ0n) is 6.93. The quantitative estimate of drug-likeness (QED) is 0.512. The summed E-state index contributed by atoms with van der Waals surface area (Å²) < 4.78 is 35.0. The van der Waals surface area contributed by atoms with Gasteiger partial charge in [-0.3, -0.25) is 0 Å². The van der Waals surface area contributed by atoms with Crippen LogP contribution in [0.3, 0.4) is 0 Å². The molecule has 72 valence electrons. The number of quaternary nitrogens is 1. The fourth-order valence-corrected chi connectivity index (χ4v) is 0.991. The van der Waals surface area contributed by atoms with Crippen molar-refractivity contribution < 1.29 is 27.3 Å². The minimum Gasteiger partial charge on any atom is -0.477 e. The van der Waals surface area contributed by atoms with Crippen LogP contribution in [0.4, 0.5) is 12.9 Å². The second-order valence-corrected chi connectivity index (χ2v) is 3.38. The van der Waals surface area contributed by atoms with Crippen LogP contribution in [0.15, 0.2) is 0 Å². The van der Waals surface area contributed by atoms with Crippen LogP contribution in [0.5, 0.6) is 0 Å². The molecule has 3 nitrogen and oxygen atoms in total. The second kappa shape index (κ2) is 3.34. The highest BCUT2D eigenvalue weighted by Crippen LogP contribution is 2.13. The first kappa shape index (κ1) is 11.3. The number of aliphatic carboxylic acids is 1. The summed E-state index contributed by atoms with van der Waals surface area (Å²) in [5, 5.41) is 8.27. The average molecular weight is 185 g/mol. The average Bonchev–Trinajstić information content (AvgIpc) is 1.48. The minimum atomic E-state index is -4.92. The van der Waals surface area contributed by atoms with E-state index in [0.717, 1.165) is 0 Å². The van der Waals surface area contributed by atoms with E-state index in [2.05, 4.69) is 0 Å². The molecule has 0 amide bonds. The topological polar surface area (TPSA) is 37.3 Å². The Morgan fingerprint density at radius 1 is 1.42 bits per heavy atom. The molecular formula is C5H11BF3NO2. The summed E-state index contributed by atoms with van der Waals surface area (Å²) in [7, 11) is 2.48. The Morgan fingerprint density at radius 2 is 1.83 bits per heavy atom. The highest BCUT2D eigenvalue weighted by molar-refractivity contribution is 6.58. The van der Waals surface area contributed by atoms with Crippen molar-refractivity contribution in [3.05, 3.63) is 0 Å². The second-order valence-electron chi connectivity index (χ2n) is 3.38. The number of hydrogen-bond acceptors (Lipinski definition) is 1. The molecule has 0 aromatic heterocycles. The van der Waals surface area contributed by atoms with Gasteiger partial charge >= 0.3 is 12.9 Å². The number of carboxylic acids is 1. The lowest BCUT2D eigenvalue weighted by Gasteiger charge is -2.32. The van der Waals surface area contributed by atoms with E-state index in [-0.39, 0.29) is 0 Å². The first-order valence-electron chi connectivity index (χ1n) is 3.37. The maximum Gasteiger partial charge on any atom is 0.531 e. The molecule has 0 aromatic rings. The van der Waals surface area contributed by atoms with Crippen molar-refractivity contribution >= 4 is 12.9 Å². The zero-order chi connectivity index (χ0) is 9.99. The molecule has 0 aliphatic rings. The van der Waals surface area contributed by atoms with Crippen LogP contribution in [0, 0.1) is 0 Å². The van der Waals surface area contributed by atoms with Gasteiger partial charge in [0.2, 0.25) is 0 Å². The van der Waals surface area contributed by atoms with Gasteiger partial charge in [-0.25, -0.2) is 4.79 Å². The maximum absolute atomic E-state index is 11.9. The van der Waals surface area contributed by atoms with Crippen LogP contribution >= 0.6 is 0 Å². The van der Waals surface area contributed by atoms with Gasteiger partial charge < -0.3 is 22.5 Å². The molecule has 1 N–H and O–H groups in total. The summed E-state index contributed by atoms with van der Waals surface area (Å²) in [6.07, 6.45) is -1.06. The lowest BCUT2D eigenvalue weighted by molar-refractivity contribution is -0.874. The van der Waals surface area contributed by atoms with E-state index in [1.54, 1.807) is 0 Å². The van der Waals surface area contributed by atoms with Gasteiger partial charge in [0, 0.05) is 0 Å². The van der Waals surface area contributed by atoms with Gasteiger partial charge in [0.25, 0.3) is 0 Å². The predicted molar refractivity (Wildman–Crippen MR) is 38.6 cm³/mol. The Morgan fingerprint density at radius 3 is 2.08 bits per heavy atom. The van der Waals surface area contributed by atoms with Gasteiger partial charge in [0.1, 0.15) is 0 Å². The number of carboxylic acid groups (broad SMARTS) is 1. The summed E-state index contributed by atoms with van der Waals surface area (Å²) in [4.78, 5) is 10.1. The number of nitrogens with zero attached hydrogens (tertiary/aromatic N) is 1. The van der Waals surface area contributed by atoms with Crippen molar-refractivity contribution in [1.82, 2.24) is 0 Å². The number of halogens is 3. The molecule has 12 heavy (non-hydrogen) atoms. The van der Waals surface area contributed by atoms with E-state index >= 15 is 0 Å². The van der Waals surface area contributed by atoms with Crippen LogP contribution in [-0.4, -0.2) is 49.6 Å². The molecule has 0 aliphatic carbocycles. The molecule has 0 bridgehead atoms. The van der Waals surface area contributed by atoms with Gasteiger partial charge in [-0.15, -0.1) is 0 Å². The van der Waals surface area contributed by atoms with E-state index < -0.39 is 30.4 Å². The lowest BCUT2D eigenvalue weighted by Crippen LogP contribution is -2.51. The third kappa shape index (κ3) is 6.02. The van der Waals surface area contributed by atoms with Gasteiger partial charge in [0.05, 0.1) is 20.5 Å². The molecule has 0 fully saturated rings. The smallest absolute Gasteiger partial charge is 0.477 e. The molecule has 7 heteroatoms. The van der Waals surface area contributed by atoms with Crippen molar-refractivity contribution in [2.45, 2.75) is 0 Å². The first-order chi connectivity index (χ1) is 5.12. The SMILES string of the molecule is C[N+](C)(CC(=O)O)C[B-](F)(F)F. The normalized spacial score (nSPS) is 13.1. The predicted octanol–water partition coefficient (Wildman–Crippen LogP) is 0.534. The molecule has 0 unspecified atom stereocenters. The fourth-order valence-electron chi connectivity index (χ4n) is 0.991. The Kier molecular flexibility index (Phi) is 3.14. The Bertz CT molecular complexity index is 180. The Balaban J connectivity index is 4.13. The molecule has 0 aliphatic heterocycles. The maximum atomic E-state index is 11.9. The van der Waals surface area contributed by atoms with E-state index in [9.17, 15) is 17.7 Å².